The second-order valence-corrected chi connectivity index (χ2v) is 6.50. The average molecular weight is 360 g/mol. The molecule has 138 valence electrons. The molecule has 1 fully saturated rings. The Labute approximate surface area is 152 Å². The molecule has 1 heterocycles. The van der Waals surface area contributed by atoms with Crippen molar-refractivity contribution in [3.8, 4) is 5.75 Å². The van der Waals surface area contributed by atoms with E-state index in [9.17, 15) is 13.6 Å². The molecule has 4 nitrogen and oxygen atoms in total. The fraction of sp³-hybridized carbons (Fsp3) is 0.350. The highest BCUT2D eigenvalue weighted by molar-refractivity contribution is 5.94. The van der Waals surface area contributed by atoms with Crippen LogP contribution in [-0.2, 0) is 6.54 Å². The number of hydrogen-bond donors (Lipinski definition) is 0. The van der Waals surface area contributed by atoms with Crippen LogP contribution in [-0.4, -0.2) is 49.0 Å². The first-order valence-corrected chi connectivity index (χ1v) is 8.58. The lowest BCUT2D eigenvalue weighted by atomic mass is 10.1. The summed E-state index contributed by atoms with van der Waals surface area (Å²) >= 11 is 0. The van der Waals surface area contributed by atoms with Gasteiger partial charge in [-0.05, 0) is 42.3 Å². The molecular weight excluding hydrogens is 338 g/mol. The van der Waals surface area contributed by atoms with Gasteiger partial charge in [0.25, 0.3) is 5.91 Å². The highest BCUT2D eigenvalue weighted by atomic mass is 19.1. The van der Waals surface area contributed by atoms with Crippen molar-refractivity contribution in [2.45, 2.75) is 13.5 Å². The predicted molar refractivity (Wildman–Crippen MR) is 95.3 cm³/mol. The molecule has 0 spiro atoms. The molecule has 0 bridgehead atoms. The number of benzene rings is 2. The van der Waals surface area contributed by atoms with E-state index in [4.69, 9.17) is 4.74 Å². The molecule has 0 N–H and O–H groups in total. The molecule has 0 radical (unpaired) electrons. The number of halogens is 2. The molecule has 6 heteroatoms. The molecule has 2 aromatic carbocycles. The van der Waals surface area contributed by atoms with Gasteiger partial charge in [0.1, 0.15) is 5.82 Å². The minimum atomic E-state index is -0.375. The fourth-order valence-corrected chi connectivity index (χ4v) is 3.08. The van der Waals surface area contributed by atoms with E-state index in [0.29, 0.717) is 43.9 Å². The summed E-state index contributed by atoms with van der Waals surface area (Å²) in [5, 5.41) is 0. The number of aryl methyl sites for hydroxylation is 1. The molecule has 3 rings (SSSR count). The largest absolute Gasteiger partial charge is 0.494 e. The van der Waals surface area contributed by atoms with Crippen LogP contribution in [0, 0.1) is 18.6 Å². The van der Waals surface area contributed by atoms with Gasteiger partial charge < -0.3 is 9.64 Å². The fourth-order valence-electron chi connectivity index (χ4n) is 3.08. The quantitative estimate of drug-likeness (QED) is 0.839. The third-order valence-electron chi connectivity index (χ3n) is 4.70. The first-order valence-electron chi connectivity index (χ1n) is 8.58. The number of amides is 1. The van der Waals surface area contributed by atoms with Crippen molar-refractivity contribution in [2.24, 2.45) is 0 Å². The van der Waals surface area contributed by atoms with Crippen LogP contribution in [0.1, 0.15) is 21.5 Å². The summed E-state index contributed by atoms with van der Waals surface area (Å²) < 4.78 is 32.4. The summed E-state index contributed by atoms with van der Waals surface area (Å²) in [7, 11) is 1.44. The third-order valence-corrected chi connectivity index (χ3v) is 4.70. The summed E-state index contributed by atoms with van der Waals surface area (Å²) in [5.41, 5.74) is 1.76. The number of rotatable bonds is 4. The number of hydrogen-bond acceptors (Lipinski definition) is 3. The van der Waals surface area contributed by atoms with Crippen LogP contribution < -0.4 is 4.74 Å². The van der Waals surface area contributed by atoms with Crippen LogP contribution in [0.5, 0.6) is 5.75 Å². The highest BCUT2D eigenvalue weighted by Crippen LogP contribution is 2.19. The molecule has 0 saturated carbocycles. The van der Waals surface area contributed by atoms with Gasteiger partial charge in [-0.25, -0.2) is 8.78 Å². The first-order chi connectivity index (χ1) is 12.5. The van der Waals surface area contributed by atoms with Crippen LogP contribution in [0.3, 0.4) is 0 Å². The summed E-state index contributed by atoms with van der Waals surface area (Å²) in [6.45, 7) is 4.79. The van der Waals surface area contributed by atoms with Crippen molar-refractivity contribution >= 4 is 5.91 Å². The van der Waals surface area contributed by atoms with Crippen molar-refractivity contribution in [1.82, 2.24) is 9.80 Å². The molecular formula is C20H22F2N2O2. The highest BCUT2D eigenvalue weighted by Gasteiger charge is 2.22. The normalized spacial score (nSPS) is 15.2. The number of carbonyl (C=O) groups is 1. The van der Waals surface area contributed by atoms with Crippen LogP contribution in [0.15, 0.2) is 36.4 Å². The number of methoxy groups -OCH3 is 1. The Morgan fingerprint density at radius 2 is 1.77 bits per heavy atom. The monoisotopic (exact) mass is 360 g/mol. The average Bonchev–Trinajstić information content (AvgIpc) is 2.64. The van der Waals surface area contributed by atoms with Crippen LogP contribution in [0.4, 0.5) is 8.78 Å². The molecule has 0 aliphatic carbocycles. The maximum Gasteiger partial charge on any atom is 0.254 e. The smallest absolute Gasteiger partial charge is 0.254 e. The van der Waals surface area contributed by atoms with Gasteiger partial charge in [-0.1, -0.05) is 12.1 Å². The lowest BCUT2D eigenvalue weighted by molar-refractivity contribution is 0.0628. The summed E-state index contributed by atoms with van der Waals surface area (Å²) in [6, 6.07) is 9.52. The van der Waals surface area contributed by atoms with Crippen molar-refractivity contribution in [1.29, 1.82) is 0 Å². The molecule has 0 unspecified atom stereocenters. The zero-order valence-electron chi connectivity index (χ0n) is 15.0. The molecule has 0 atom stereocenters. The van der Waals surface area contributed by atoms with E-state index >= 15 is 0 Å². The zero-order valence-corrected chi connectivity index (χ0v) is 15.0. The molecule has 1 aliphatic heterocycles. The topological polar surface area (TPSA) is 32.8 Å². The van der Waals surface area contributed by atoms with Gasteiger partial charge in [-0.15, -0.1) is 0 Å². The molecule has 26 heavy (non-hydrogen) atoms. The number of nitrogens with zero attached hydrogens (tertiary/aromatic N) is 2. The molecule has 1 aliphatic rings. The second kappa shape index (κ2) is 7.83. The summed E-state index contributed by atoms with van der Waals surface area (Å²) in [4.78, 5) is 16.4. The van der Waals surface area contributed by atoms with E-state index in [-0.39, 0.29) is 23.3 Å². The summed E-state index contributed by atoms with van der Waals surface area (Å²) in [5.74, 6) is -0.662. The Kier molecular flexibility index (Phi) is 5.52. The molecule has 1 amide bonds. The van der Waals surface area contributed by atoms with Gasteiger partial charge >= 0.3 is 0 Å². The number of piperazine rings is 1. The van der Waals surface area contributed by atoms with Gasteiger partial charge in [0.2, 0.25) is 0 Å². The second-order valence-electron chi connectivity index (χ2n) is 6.50. The Morgan fingerprint density at radius 3 is 2.38 bits per heavy atom. The Morgan fingerprint density at radius 1 is 1.04 bits per heavy atom. The van der Waals surface area contributed by atoms with Gasteiger partial charge in [-0.2, -0.15) is 0 Å². The Balaban J connectivity index is 1.57. The minimum Gasteiger partial charge on any atom is -0.494 e. The van der Waals surface area contributed by atoms with Gasteiger partial charge in [0.05, 0.1) is 7.11 Å². The molecule has 2 aromatic rings. The zero-order chi connectivity index (χ0) is 18.7. The van der Waals surface area contributed by atoms with Crippen molar-refractivity contribution in [3.05, 3.63) is 64.7 Å². The van der Waals surface area contributed by atoms with Gasteiger partial charge in [-0.3, -0.25) is 9.69 Å². The Bertz CT molecular complexity index is 802. The maximum atomic E-state index is 13.8. The lowest BCUT2D eigenvalue weighted by Gasteiger charge is -2.34. The van der Waals surface area contributed by atoms with Crippen molar-refractivity contribution in [2.75, 3.05) is 33.3 Å². The van der Waals surface area contributed by atoms with E-state index in [0.717, 1.165) is 5.56 Å². The maximum absolute atomic E-state index is 13.8. The number of ether oxygens (including phenoxy) is 1. The van der Waals surface area contributed by atoms with Crippen LogP contribution >= 0.6 is 0 Å². The van der Waals surface area contributed by atoms with E-state index in [2.05, 4.69) is 4.90 Å². The summed E-state index contributed by atoms with van der Waals surface area (Å²) in [6.07, 6.45) is 0. The van der Waals surface area contributed by atoms with E-state index < -0.39 is 0 Å². The van der Waals surface area contributed by atoms with Gasteiger partial charge in [0.15, 0.2) is 11.6 Å². The van der Waals surface area contributed by atoms with Gasteiger partial charge in [0, 0.05) is 38.3 Å². The van der Waals surface area contributed by atoms with Crippen molar-refractivity contribution < 1.29 is 18.3 Å². The molecule has 1 saturated heterocycles. The standard InChI is InChI=1S/C20H22F2N2O2/c1-14-3-5-16(12-17(14)21)20(25)24-9-7-23(8-10-24)13-15-4-6-19(26-2)18(22)11-15/h3-6,11-12H,7-10,13H2,1-2H3. The van der Waals surface area contributed by atoms with E-state index in [1.807, 2.05) is 6.07 Å². The van der Waals surface area contributed by atoms with E-state index in [1.165, 1.54) is 19.2 Å². The van der Waals surface area contributed by atoms with Crippen molar-refractivity contribution in [3.63, 3.8) is 0 Å². The first kappa shape index (κ1) is 18.3. The minimum absolute atomic E-state index is 0.154. The predicted octanol–water partition coefficient (Wildman–Crippen LogP) is 3.24. The number of carbonyl (C=O) groups excluding carboxylic acids is 1. The SMILES string of the molecule is COc1ccc(CN2CCN(C(=O)c3ccc(C)c(F)c3)CC2)cc1F. The Hall–Kier alpha value is -2.47. The molecule has 0 aromatic heterocycles. The van der Waals surface area contributed by atoms with E-state index in [1.54, 1.807) is 30.0 Å². The van der Waals surface area contributed by atoms with Crippen LogP contribution in [0.2, 0.25) is 0 Å². The van der Waals surface area contributed by atoms with Crippen LogP contribution in [0.25, 0.3) is 0 Å². The third kappa shape index (κ3) is 4.02. The lowest BCUT2D eigenvalue weighted by Crippen LogP contribution is -2.48.